The summed E-state index contributed by atoms with van der Waals surface area (Å²) in [7, 11) is 1.43. The van der Waals surface area contributed by atoms with Gasteiger partial charge in [0.1, 0.15) is 0 Å². The Morgan fingerprint density at radius 1 is 1.25 bits per heavy atom. The first-order valence-electron chi connectivity index (χ1n) is 6.24. The molecule has 0 aromatic heterocycles. The molecule has 5 nitrogen and oxygen atoms in total. The molecule has 6 heteroatoms. The quantitative estimate of drug-likeness (QED) is 0.440. The van der Waals surface area contributed by atoms with Crippen LogP contribution in [0.4, 0.5) is 0 Å². The van der Waals surface area contributed by atoms with Crippen molar-refractivity contribution in [1.29, 1.82) is 0 Å². The zero-order valence-corrected chi connectivity index (χ0v) is 12.2. The van der Waals surface area contributed by atoms with Crippen LogP contribution in [0.15, 0.2) is 18.2 Å². The number of benzene rings is 1. The van der Waals surface area contributed by atoms with E-state index in [1.54, 1.807) is 6.92 Å². The topological polar surface area (TPSA) is 61.8 Å². The van der Waals surface area contributed by atoms with Gasteiger partial charge < -0.3 is 14.2 Å². The summed E-state index contributed by atoms with van der Waals surface area (Å²) >= 11 is 5.51. The van der Waals surface area contributed by atoms with Gasteiger partial charge in [-0.2, -0.15) is 0 Å². The second kappa shape index (κ2) is 8.43. The number of hydrogen-bond donors (Lipinski definition) is 0. The minimum Gasteiger partial charge on any atom is -0.493 e. The van der Waals surface area contributed by atoms with Gasteiger partial charge in [0.25, 0.3) is 0 Å². The molecule has 0 spiro atoms. The van der Waals surface area contributed by atoms with Crippen LogP contribution >= 0.6 is 11.6 Å². The van der Waals surface area contributed by atoms with Crippen LogP contribution < -0.4 is 9.47 Å². The summed E-state index contributed by atoms with van der Waals surface area (Å²) in [5.41, 5.74) is 0.337. The molecule has 1 aromatic carbocycles. The maximum absolute atomic E-state index is 11.6. The van der Waals surface area contributed by atoms with E-state index in [-0.39, 0.29) is 18.8 Å². The lowest BCUT2D eigenvalue weighted by atomic mass is 10.2. The van der Waals surface area contributed by atoms with Crippen molar-refractivity contribution in [1.82, 2.24) is 0 Å². The third-order valence-electron chi connectivity index (χ3n) is 2.41. The van der Waals surface area contributed by atoms with Crippen LogP contribution in [0.1, 0.15) is 30.1 Å². The summed E-state index contributed by atoms with van der Waals surface area (Å²) in [6.07, 6.45) is 0.774. The molecule has 0 radical (unpaired) electrons. The second-order valence-electron chi connectivity index (χ2n) is 3.85. The lowest BCUT2D eigenvalue weighted by Crippen LogP contribution is -2.10. The van der Waals surface area contributed by atoms with E-state index in [0.29, 0.717) is 23.6 Å². The molecule has 1 rings (SSSR count). The Morgan fingerprint density at radius 3 is 2.60 bits per heavy atom. The maximum Gasteiger partial charge on any atom is 0.338 e. The zero-order chi connectivity index (χ0) is 15.0. The number of ether oxygens (including phenoxy) is 3. The van der Waals surface area contributed by atoms with Crippen molar-refractivity contribution < 1.29 is 23.8 Å². The van der Waals surface area contributed by atoms with Crippen LogP contribution in [0.5, 0.6) is 11.5 Å². The van der Waals surface area contributed by atoms with E-state index < -0.39 is 11.9 Å². The number of esters is 2. The minimum absolute atomic E-state index is 0.228. The standard InChI is InChI=1S/C14H17ClO5/c1-3-19-14(17)10-6-7-11(12(9-10)18-2)20-13(16)5-4-8-15/h6-7,9H,3-5,8H2,1-2H3. The van der Waals surface area contributed by atoms with Crippen LogP contribution in [0.3, 0.4) is 0 Å². The lowest BCUT2D eigenvalue weighted by molar-refractivity contribution is -0.134. The fourth-order valence-corrected chi connectivity index (χ4v) is 1.61. The van der Waals surface area contributed by atoms with Crippen molar-refractivity contribution in [3.63, 3.8) is 0 Å². The first-order chi connectivity index (χ1) is 9.62. The van der Waals surface area contributed by atoms with Gasteiger partial charge in [-0.1, -0.05) is 0 Å². The first kappa shape index (κ1) is 16.3. The Labute approximate surface area is 122 Å². The van der Waals surface area contributed by atoms with Gasteiger partial charge in [0, 0.05) is 12.3 Å². The summed E-state index contributed by atoms with van der Waals surface area (Å²) in [5, 5.41) is 0. The van der Waals surface area contributed by atoms with Crippen LogP contribution in [0, 0.1) is 0 Å². The van der Waals surface area contributed by atoms with E-state index in [2.05, 4.69) is 0 Å². The smallest absolute Gasteiger partial charge is 0.338 e. The van der Waals surface area contributed by atoms with Crippen molar-refractivity contribution in [2.75, 3.05) is 19.6 Å². The number of carbonyl (C=O) groups is 2. The highest BCUT2D eigenvalue weighted by Gasteiger charge is 2.14. The van der Waals surface area contributed by atoms with Gasteiger partial charge in [-0.25, -0.2) is 4.79 Å². The van der Waals surface area contributed by atoms with Crippen molar-refractivity contribution in [2.24, 2.45) is 0 Å². The van der Waals surface area contributed by atoms with Gasteiger partial charge in [-0.3, -0.25) is 4.79 Å². The van der Waals surface area contributed by atoms with E-state index in [1.807, 2.05) is 0 Å². The Morgan fingerprint density at radius 2 is 2.00 bits per heavy atom. The van der Waals surface area contributed by atoms with E-state index in [4.69, 9.17) is 25.8 Å². The number of halogens is 1. The molecule has 0 heterocycles. The number of rotatable bonds is 7. The molecule has 0 aliphatic rings. The Balaban J connectivity index is 2.82. The molecule has 110 valence electrons. The first-order valence-corrected chi connectivity index (χ1v) is 6.77. The molecule has 0 N–H and O–H groups in total. The summed E-state index contributed by atoms with van der Waals surface area (Å²) < 4.78 is 15.2. The molecular formula is C14H17ClO5. The van der Waals surface area contributed by atoms with E-state index >= 15 is 0 Å². The van der Waals surface area contributed by atoms with Gasteiger partial charge in [0.2, 0.25) is 0 Å². The molecule has 20 heavy (non-hydrogen) atoms. The lowest BCUT2D eigenvalue weighted by Gasteiger charge is -2.10. The van der Waals surface area contributed by atoms with Crippen LogP contribution in [-0.4, -0.2) is 31.5 Å². The van der Waals surface area contributed by atoms with Crippen molar-refractivity contribution in [2.45, 2.75) is 19.8 Å². The van der Waals surface area contributed by atoms with E-state index in [0.717, 1.165) is 0 Å². The SMILES string of the molecule is CCOC(=O)c1ccc(OC(=O)CCCCl)c(OC)c1. The predicted molar refractivity (Wildman–Crippen MR) is 74.5 cm³/mol. The van der Waals surface area contributed by atoms with Crippen LogP contribution in [0.2, 0.25) is 0 Å². The molecule has 0 bridgehead atoms. The van der Waals surface area contributed by atoms with Crippen molar-refractivity contribution >= 4 is 23.5 Å². The molecule has 0 amide bonds. The summed E-state index contributed by atoms with van der Waals surface area (Å²) in [6, 6.07) is 4.50. The highest BCUT2D eigenvalue weighted by molar-refractivity contribution is 6.17. The molecule has 0 fully saturated rings. The van der Waals surface area contributed by atoms with Gasteiger partial charge in [-0.15, -0.1) is 11.6 Å². The summed E-state index contributed by atoms with van der Waals surface area (Å²) in [4.78, 5) is 23.1. The third kappa shape index (κ3) is 4.74. The molecule has 1 aromatic rings. The molecule has 0 atom stereocenters. The summed E-state index contributed by atoms with van der Waals surface area (Å²) in [5.74, 6) is 0.113. The molecule has 0 unspecified atom stereocenters. The van der Waals surface area contributed by atoms with Gasteiger partial charge in [-0.05, 0) is 31.5 Å². The van der Waals surface area contributed by atoms with Crippen molar-refractivity contribution in [3.05, 3.63) is 23.8 Å². The number of alkyl halides is 1. The van der Waals surface area contributed by atoms with Gasteiger partial charge >= 0.3 is 11.9 Å². The number of hydrogen-bond acceptors (Lipinski definition) is 5. The second-order valence-corrected chi connectivity index (χ2v) is 4.23. The fourth-order valence-electron chi connectivity index (χ4n) is 1.48. The Hall–Kier alpha value is -1.75. The average Bonchev–Trinajstić information content (AvgIpc) is 2.45. The van der Waals surface area contributed by atoms with E-state index in [9.17, 15) is 9.59 Å². The minimum atomic E-state index is -0.453. The van der Waals surface area contributed by atoms with Crippen molar-refractivity contribution in [3.8, 4) is 11.5 Å². The van der Waals surface area contributed by atoms with Gasteiger partial charge in [0.15, 0.2) is 11.5 Å². The summed E-state index contributed by atoms with van der Waals surface area (Å²) in [6.45, 7) is 2.01. The largest absolute Gasteiger partial charge is 0.493 e. The molecule has 0 aliphatic heterocycles. The normalized spacial score (nSPS) is 9.95. The maximum atomic E-state index is 11.6. The highest BCUT2D eigenvalue weighted by Crippen LogP contribution is 2.28. The number of methoxy groups -OCH3 is 1. The zero-order valence-electron chi connectivity index (χ0n) is 11.5. The highest BCUT2D eigenvalue weighted by atomic mass is 35.5. The Bertz CT molecular complexity index is 473. The average molecular weight is 301 g/mol. The van der Waals surface area contributed by atoms with Crippen LogP contribution in [0.25, 0.3) is 0 Å². The molecule has 0 aliphatic carbocycles. The predicted octanol–water partition coefficient (Wildman–Crippen LogP) is 2.80. The third-order valence-corrected chi connectivity index (χ3v) is 2.68. The monoisotopic (exact) mass is 300 g/mol. The molecular weight excluding hydrogens is 284 g/mol. The molecule has 0 saturated carbocycles. The Kier molecular flexibility index (Phi) is 6.87. The van der Waals surface area contributed by atoms with Gasteiger partial charge in [0.05, 0.1) is 19.3 Å². The van der Waals surface area contributed by atoms with Crippen LogP contribution in [-0.2, 0) is 9.53 Å². The fraction of sp³-hybridized carbons (Fsp3) is 0.429. The molecule has 0 saturated heterocycles. The van der Waals surface area contributed by atoms with E-state index in [1.165, 1.54) is 25.3 Å². The number of carbonyl (C=O) groups excluding carboxylic acids is 2.